The third-order valence-electron chi connectivity index (χ3n) is 3.28. The predicted octanol–water partition coefficient (Wildman–Crippen LogP) is 3.84. The molecule has 1 aromatic rings. The average molecular weight is 301 g/mol. The number of hydrogen-bond donors (Lipinski definition) is 1. The molecule has 3 nitrogen and oxygen atoms in total. The van der Waals surface area contributed by atoms with E-state index in [1.54, 1.807) is 12.1 Å². The van der Waals surface area contributed by atoms with Gasteiger partial charge in [0.2, 0.25) is 0 Å². The highest BCUT2D eigenvalue weighted by Crippen LogP contribution is 2.32. The van der Waals surface area contributed by atoms with E-state index in [9.17, 15) is 4.79 Å². The lowest BCUT2D eigenvalue weighted by atomic mass is 10.1. The molecule has 0 atom stereocenters. The van der Waals surface area contributed by atoms with Crippen molar-refractivity contribution < 1.29 is 4.79 Å². The Kier molecular flexibility index (Phi) is 4.58. The van der Waals surface area contributed by atoms with Gasteiger partial charge in [0.05, 0.1) is 15.7 Å². The van der Waals surface area contributed by atoms with Crippen LogP contribution in [0.25, 0.3) is 0 Å². The monoisotopic (exact) mass is 300 g/mol. The summed E-state index contributed by atoms with van der Waals surface area (Å²) in [5.41, 5.74) is 6.52. The van der Waals surface area contributed by atoms with Gasteiger partial charge in [0.15, 0.2) is 0 Å². The van der Waals surface area contributed by atoms with Gasteiger partial charge in [-0.25, -0.2) is 0 Å². The number of rotatable bonds is 5. The lowest BCUT2D eigenvalue weighted by Crippen LogP contribution is -2.33. The molecule has 1 aromatic carbocycles. The molecule has 5 heteroatoms. The summed E-state index contributed by atoms with van der Waals surface area (Å²) in [4.78, 5) is 14.4. The van der Waals surface area contributed by atoms with Crippen LogP contribution in [-0.2, 0) is 0 Å². The van der Waals surface area contributed by atoms with Gasteiger partial charge >= 0.3 is 0 Å². The fraction of sp³-hybridized carbons (Fsp3) is 0.500. The van der Waals surface area contributed by atoms with Crippen molar-refractivity contribution in [2.75, 3.05) is 18.8 Å². The normalized spacial score (nSPS) is 14.5. The largest absolute Gasteiger partial charge is 0.396 e. The maximum Gasteiger partial charge on any atom is 0.253 e. The van der Waals surface area contributed by atoms with E-state index in [1.807, 2.05) is 4.90 Å². The lowest BCUT2D eigenvalue weighted by molar-refractivity contribution is 0.0748. The molecule has 1 aliphatic carbocycles. The van der Waals surface area contributed by atoms with Crippen molar-refractivity contribution in [2.24, 2.45) is 5.92 Å². The molecule has 2 rings (SSSR count). The van der Waals surface area contributed by atoms with Gasteiger partial charge in [0.25, 0.3) is 5.91 Å². The topological polar surface area (TPSA) is 46.3 Å². The Morgan fingerprint density at radius 3 is 2.42 bits per heavy atom. The molecule has 0 aliphatic heterocycles. The number of halogens is 2. The Balaban J connectivity index is 2.20. The third-order valence-corrected chi connectivity index (χ3v) is 3.91. The Morgan fingerprint density at radius 1 is 1.37 bits per heavy atom. The minimum atomic E-state index is -0.0162. The molecule has 1 amide bonds. The van der Waals surface area contributed by atoms with E-state index < -0.39 is 0 Å². The first-order valence-electron chi connectivity index (χ1n) is 6.56. The van der Waals surface area contributed by atoms with Gasteiger partial charge in [-0.15, -0.1) is 0 Å². The molecule has 0 aromatic heterocycles. The number of anilines is 1. The minimum Gasteiger partial charge on any atom is -0.396 e. The van der Waals surface area contributed by atoms with E-state index in [0.29, 0.717) is 27.2 Å². The van der Waals surface area contributed by atoms with Crippen LogP contribution in [0.3, 0.4) is 0 Å². The van der Waals surface area contributed by atoms with Gasteiger partial charge in [0, 0.05) is 18.7 Å². The molecule has 0 radical (unpaired) electrons. The third kappa shape index (κ3) is 3.54. The smallest absolute Gasteiger partial charge is 0.253 e. The average Bonchev–Trinajstić information content (AvgIpc) is 3.18. The molecule has 104 valence electrons. The molecule has 0 bridgehead atoms. The molecule has 1 fully saturated rings. The molecular weight excluding hydrogens is 283 g/mol. The van der Waals surface area contributed by atoms with Crippen molar-refractivity contribution in [2.45, 2.75) is 26.2 Å². The van der Waals surface area contributed by atoms with Crippen LogP contribution >= 0.6 is 23.2 Å². The van der Waals surface area contributed by atoms with Crippen LogP contribution in [0.15, 0.2) is 12.1 Å². The van der Waals surface area contributed by atoms with Gasteiger partial charge in [-0.05, 0) is 37.3 Å². The van der Waals surface area contributed by atoms with Crippen LogP contribution in [0, 0.1) is 5.92 Å². The summed E-state index contributed by atoms with van der Waals surface area (Å²) in [6, 6.07) is 3.20. The lowest BCUT2D eigenvalue weighted by Gasteiger charge is -2.22. The number of nitrogens with two attached hydrogens (primary N) is 1. The maximum atomic E-state index is 12.5. The zero-order valence-electron chi connectivity index (χ0n) is 11.0. The highest BCUT2D eigenvalue weighted by Gasteiger charge is 2.27. The number of benzene rings is 1. The summed E-state index contributed by atoms with van der Waals surface area (Å²) in [7, 11) is 0. The van der Waals surface area contributed by atoms with Crippen molar-refractivity contribution >= 4 is 34.8 Å². The zero-order valence-corrected chi connectivity index (χ0v) is 12.5. The summed E-state index contributed by atoms with van der Waals surface area (Å²) in [6.45, 7) is 3.65. The molecule has 0 saturated heterocycles. The van der Waals surface area contributed by atoms with Crippen molar-refractivity contribution in [3.8, 4) is 0 Å². The number of carbonyl (C=O) groups is 1. The number of nitrogen functional groups attached to an aromatic ring is 1. The van der Waals surface area contributed by atoms with Crippen molar-refractivity contribution in [3.63, 3.8) is 0 Å². The molecule has 0 heterocycles. The van der Waals surface area contributed by atoms with Gasteiger partial charge in [-0.2, -0.15) is 0 Å². The van der Waals surface area contributed by atoms with E-state index in [4.69, 9.17) is 28.9 Å². The SMILES string of the molecule is CCCN(CC1CC1)C(=O)c1cc(Cl)c(N)c(Cl)c1. The highest BCUT2D eigenvalue weighted by molar-refractivity contribution is 6.39. The van der Waals surface area contributed by atoms with Gasteiger partial charge < -0.3 is 10.6 Å². The van der Waals surface area contributed by atoms with Crippen molar-refractivity contribution in [1.29, 1.82) is 0 Å². The summed E-state index contributed by atoms with van der Waals surface area (Å²) in [5, 5.41) is 0.664. The summed E-state index contributed by atoms with van der Waals surface area (Å²) in [5.74, 6) is 0.646. The Hall–Kier alpha value is -0.930. The van der Waals surface area contributed by atoms with E-state index in [-0.39, 0.29) is 5.91 Å². The highest BCUT2D eigenvalue weighted by atomic mass is 35.5. The molecule has 0 spiro atoms. The molecule has 2 N–H and O–H groups in total. The molecule has 1 saturated carbocycles. The molecule has 19 heavy (non-hydrogen) atoms. The molecule has 1 aliphatic rings. The fourth-order valence-electron chi connectivity index (χ4n) is 2.05. The second-order valence-corrected chi connectivity index (χ2v) is 5.86. The summed E-state index contributed by atoms with van der Waals surface area (Å²) >= 11 is 12.0. The fourth-order valence-corrected chi connectivity index (χ4v) is 2.54. The standard InChI is InChI=1S/C14H18Cl2N2O/c1-2-5-18(8-9-3-4-9)14(19)10-6-11(15)13(17)12(16)7-10/h6-7,9H,2-5,8,17H2,1H3. The van der Waals surface area contributed by atoms with E-state index in [2.05, 4.69) is 6.92 Å². The minimum absolute atomic E-state index is 0.0162. The first-order valence-corrected chi connectivity index (χ1v) is 7.32. The predicted molar refractivity (Wildman–Crippen MR) is 79.8 cm³/mol. The number of amides is 1. The Morgan fingerprint density at radius 2 is 1.95 bits per heavy atom. The summed E-state index contributed by atoms with van der Waals surface area (Å²) < 4.78 is 0. The number of hydrogen-bond acceptors (Lipinski definition) is 2. The second-order valence-electron chi connectivity index (χ2n) is 5.05. The van der Waals surface area contributed by atoms with Gasteiger partial charge in [-0.3, -0.25) is 4.79 Å². The Labute approximate surface area is 123 Å². The second kappa shape index (κ2) is 6.02. The molecular formula is C14H18Cl2N2O. The Bertz CT molecular complexity index is 463. The zero-order chi connectivity index (χ0) is 14.0. The molecule has 0 unspecified atom stereocenters. The quantitative estimate of drug-likeness (QED) is 0.840. The van der Waals surface area contributed by atoms with Crippen LogP contribution in [0.2, 0.25) is 10.0 Å². The van der Waals surface area contributed by atoms with Gasteiger partial charge in [-0.1, -0.05) is 30.1 Å². The van der Waals surface area contributed by atoms with Crippen LogP contribution in [0.1, 0.15) is 36.5 Å². The summed E-state index contributed by atoms with van der Waals surface area (Å²) in [6.07, 6.45) is 3.38. The maximum absolute atomic E-state index is 12.5. The van der Waals surface area contributed by atoms with E-state index >= 15 is 0 Å². The van der Waals surface area contributed by atoms with Crippen molar-refractivity contribution in [1.82, 2.24) is 4.90 Å². The number of carbonyl (C=O) groups excluding carboxylic acids is 1. The first kappa shape index (κ1) is 14.5. The van der Waals surface area contributed by atoms with Crippen LogP contribution in [-0.4, -0.2) is 23.9 Å². The van der Waals surface area contributed by atoms with Crippen LogP contribution in [0.4, 0.5) is 5.69 Å². The van der Waals surface area contributed by atoms with Crippen LogP contribution < -0.4 is 5.73 Å². The number of nitrogens with zero attached hydrogens (tertiary/aromatic N) is 1. The van der Waals surface area contributed by atoms with Crippen molar-refractivity contribution in [3.05, 3.63) is 27.7 Å². The van der Waals surface area contributed by atoms with Crippen LogP contribution in [0.5, 0.6) is 0 Å². The van der Waals surface area contributed by atoms with E-state index in [1.165, 1.54) is 12.8 Å². The first-order chi connectivity index (χ1) is 9.02. The van der Waals surface area contributed by atoms with E-state index in [0.717, 1.165) is 19.5 Å². The van der Waals surface area contributed by atoms with Gasteiger partial charge in [0.1, 0.15) is 0 Å².